The van der Waals surface area contributed by atoms with Crippen molar-refractivity contribution in [1.29, 1.82) is 0 Å². The van der Waals surface area contributed by atoms with E-state index in [4.69, 9.17) is 14.7 Å². The van der Waals surface area contributed by atoms with Crippen LogP contribution in [0, 0.1) is 17.8 Å². The molecular weight excluding hydrogens is 919 g/mol. The number of carbonyl (C=O) groups is 5. The summed E-state index contributed by atoms with van der Waals surface area (Å²) < 4.78 is 8.35. The first-order valence-electron chi connectivity index (χ1n) is 28.0. The number of imide groups is 1. The van der Waals surface area contributed by atoms with E-state index in [0.29, 0.717) is 76.5 Å². The zero-order chi connectivity index (χ0) is 50.0. The van der Waals surface area contributed by atoms with Crippen LogP contribution in [0.2, 0.25) is 0 Å². The first-order chi connectivity index (χ1) is 35.5. The molecule has 1 spiro atoms. The lowest BCUT2D eigenvalue weighted by Crippen LogP contribution is -2.58. The number of ether oxygens (including phenoxy) is 1. The first kappa shape index (κ1) is 48.1. The quantitative estimate of drug-likeness (QED) is 0.133. The molecule has 5 aliphatic heterocycles. The average molecular weight is 992 g/mol. The number of likely N-dealkylation sites (tertiary alicyclic amines) is 3. The Bertz CT molecular complexity index is 2750. The number of nitrogens with one attached hydrogen (secondary N) is 2. The van der Waals surface area contributed by atoms with Crippen LogP contribution >= 0.6 is 0 Å². The van der Waals surface area contributed by atoms with Crippen molar-refractivity contribution < 1.29 is 28.7 Å². The largest absolute Gasteiger partial charge is 0.493 e. The molecule has 15 nitrogen and oxygen atoms in total. The van der Waals surface area contributed by atoms with Crippen LogP contribution < -0.4 is 20.3 Å². The highest BCUT2D eigenvalue weighted by atomic mass is 16.5. The molecule has 7 heterocycles. The van der Waals surface area contributed by atoms with Gasteiger partial charge in [0.05, 0.1) is 35.5 Å². The van der Waals surface area contributed by atoms with Crippen LogP contribution in [-0.2, 0) is 29.4 Å². The highest BCUT2D eigenvalue weighted by Gasteiger charge is 2.56. The summed E-state index contributed by atoms with van der Waals surface area (Å²) in [5, 5.41) is 6.14. The molecule has 15 heteroatoms. The van der Waals surface area contributed by atoms with E-state index < -0.39 is 5.41 Å². The molecule has 1 atom stereocenters. The third-order valence-electron chi connectivity index (χ3n) is 18.4. The maximum absolute atomic E-state index is 15.2. The molecule has 5 amide bonds. The highest BCUT2D eigenvalue weighted by Crippen LogP contribution is 2.52. The van der Waals surface area contributed by atoms with Crippen molar-refractivity contribution in [3.63, 3.8) is 0 Å². The summed E-state index contributed by atoms with van der Waals surface area (Å²) in [5.74, 6) is 1.68. The van der Waals surface area contributed by atoms with Gasteiger partial charge in [-0.15, -0.1) is 0 Å². The van der Waals surface area contributed by atoms with Crippen molar-refractivity contribution in [2.75, 3.05) is 56.1 Å². The van der Waals surface area contributed by atoms with E-state index in [1.807, 2.05) is 40.4 Å². The van der Waals surface area contributed by atoms with Crippen LogP contribution in [0.4, 0.5) is 11.5 Å². The molecule has 12 rings (SSSR count). The molecule has 0 unspecified atom stereocenters. The lowest BCUT2D eigenvalue weighted by atomic mass is 9.72. The molecular formula is C58H73N9O6. The summed E-state index contributed by atoms with van der Waals surface area (Å²) >= 11 is 0. The van der Waals surface area contributed by atoms with E-state index in [0.717, 1.165) is 128 Å². The molecule has 386 valence electrons. The average Bonchev–Trinajstić information content (AvgIpc) is 4.06. The van der Waals surface area contributed by atoms with Crippen LogP contribution in [0.15, 0.2) is 54.9 Å². The van der Waals surface area contributed by atoms with Gasteiger partial charge in [-0.25, -0.2) is 9.97 Å². The third-order valence-corrected chi connectivity index (χ3v) is 18.4. The predicted octanol–water partition coefficient (Wildman–Crippen LogP) is 8.12. The topological polar surface area (TPSA) is 162 Å². The van der Waals surface area contributed by atoms with Crippen LogP contribution in [-0.4, -0.2) is 123 Å². The molecule has 4 saturated heterocycles. The van der Waals surface area contributed by atoms with Crippen molar-refractivity contribution in [2.45, 2.75) is 159 Å². The Kier molecular flexibility index (Phi) is 13.0. The second-order valence-corrected chi connectivity index (χ2v) is 23.3. The molecule has 4 aromatic rings. The molecule has 2 aromatic heterocycles. The van der Waals surface area contributed by atoms with Gasteiger partial charge in [-0.2, -0.15) is 0 Å². The number of aromatic nitrogens is 3. The second-order valence-electron chi connectivity index (χ2n) is 23.3. The summed E-state index contributed by atoms with van der Waals surface area (Å²) in [6, 6.07) is 17.7. The van der Waals surface area contributed by atoms with Gasteiger partial charge in [-0.1, -0.05) is 30.7 Å². The standard InChI is InChI=1S/C58H73N9O6/c1-36(2)66-35-59-49-33-48(61-53(52(49)66)60-42-13-14-42)41-12-18-47-50(30-41)67(44-31-43(32-44)63-24-4-3-5-25-63)57(72)58(47)22-28-65(29-23-58)56(71)40-8-6-39(7-9-40)55(70)64-26-20-37(21-27-64)34-73-45-15-10-38(11-16-45)46-17-19-51(68)62-54(46)69/h10-12,15-16,18,30,33,35-37,39-40,42-44,46H,3-9,13-14,17,19-29,31-32,34H2,1-2H3,(H,60,61)(H,62,68,69)/t39?,40?,43?,44?,46-/m1/s1. The molecule has 3 aliphatic carbocycles. The molecule has 2 aromatic carbocycles. The Hall–Kier alpha value is -5.83. The SMILES string of the molecule is CC(C)n1cnc2cc(-c3ccc4c(c3)N(C3CC(N5CCCCC5)C3)C(=O)C43CCN(C(=O)C4CCC(C(=O)N5CCC(COc6ccc([C@H]7CCC(=O)NC7=O)cc6)CC5)CC4)CC3)nc(NC3CC3)c21. The van der Waals surface area contributed by atoms with E-state index in [1.54, 1.807) is 0 Å². The number of hydrogen-bond donors (Lipinski definition) is 2. The summed E-state index contributed by atoms with van der Waals surface area (Å²) in [6.07, 6.45) is 16.8. The number of imidazole rings is 1. The number of anilines is 2. The summed E-state index contributed by atoms with van der Waals surface area (Å²) in [5.41, 5.74) is 6.15. The molecule has 0 radical (unpaired) electrons. The normalized spacial score (nSPS) is 26.8. The number of amides is 5. The Morgan fingerprint density at radius 1 is 0.781 bits per heavy atom. The molecule has 3 saturated carbocycles. The molecule has 0 bridgehead atoms. The predicted molar refractivity (Wildman–Crippen MR) is 279 cm³/mol. The van der Waals surface area contributed by atoms with E-state index in [-0.39, 0.29) is 59.4 Å². The van der Waals surface area contributed by atoms with Gasteiger partial charge in [-0.05, 0) is 165 Å². The number of pyridine rings is 1. The number of hydrogen-bond acceptors (Lipinski definition) is 10. The summed E-state index contributed by atoms with van der Waals surface area (Å²) in [4.78, 5) is 86.2. The number of carbonyl (C=O) groups excluding carboxylic acids is 5. The minimum Gasteiger partial charge on any atom is -0.493 e. The first-order valence-corrected chi connectivity index (χ1v) is 28.0. The fourth-order valence-electron chi connectivity index (χ4n) is 13.6. The van der Waals surface area contributed by atoms with Gasteiger partial charge in [0.2, 0.25) is 29.5 Å². The van der Waals surface area contributed by atoms with Crippen molar-refractivity contribution in [1.82, 2.24) is 34.6 Å². The van der Waals surface area contributed by atoms with E-state index in [2.05, 4.69) is 63.1 Å². The Balaban J connectivity index is 0.668. The van der Waals surface area contributed by atoms with Crippen LogP contribution in [0.3, 0.4) is 0 Å². The number of fused-ring (bicyclic) bond motifs is 3. The highest BCUT2D eigenvalue weighted by molar-refractivity contribution is 6.09. The Morgan fingerprint density at radius 3 is 2.12 bits per heavy atom. The minimum atomic E-state index is -0.665. The van der Waals surface area contributed by atoms with Gasteiger partial charge in [0.25, 0.3) is 0 Å². The van der Waals surface area contributed by atoms with Crippen LogP contribution in [0.5, 0.6) is 5.75 Å². The van der Waals surface area contributed by atoms with Gasteiger partial charge in [0.1, 0.15) is 11.3 Å². The van der Waals surface area contributed by atoms with Gasteiger partial charge in [0, 0.05) is 79.9 Å². The molecule has 73 heavy (non-hydrogen) atoms. The monoisotopic (exact) mass is 992 g/mol. The number of piperidine rings is 4. The van der Waals surface area contributed by atoms with Crippen molar-refractivity contribution in [2.24, 2.45) is 17.8 Å². The zero-order valence-corrected chi connectivity index (χ0v) is 42.9. The summed E-state index contributed by atoms with van der Waals surface area (Å²) in [7, 11) is 0. The maximum Gasteiger partial charge on any atom is 0.238 e. The van der Waals surface area contributed by atoms with E-state index in [9.17, 15) is 19.2 Å². The van der Waals surface area contributed by atoms with Gasteiger partial charge < -0.3 is 34.2 Å². The number of nitrogens with zero attached hydrogens (tertiary/aromatic N) is 7. The lowest BCUT2D eigenvalue weighted by molar-refractivity contribution is -0.143. The fourth-order valence-corrected chi connectivity index (χ4v) is 13.6. The van der Waals surface area contributed by atoms with Gasteiger partial charge in [0.15, 0.2) is 5.82 Å². The number of rotatable bonds is 12. The van der Waals surface area contributed by atoms with Gasteiger partial charge >= 0.3 is 0 Å². The van der Waals surface area contributed by atoms with Crippen molar-refractivity contribution >= 4 is 52.1 Å². The molecule has 2 N–H and O–H groups in total. The smallest absolute Gasteiger partial charge is 0.238 e. The van der Waals surface area contributed by atoms with Crippen molar-refractivity contribution in [3.8, 4) is 17.0 Å². The van der Waals surface area contributed by atoms with Crippen molar-refractivity contribution in [3.05, 3.63) is 66.0 Å². The molecule has 7 fully saturated rings. The summed E-state index contributed by atoms with van der Waals surface area (Å²) in [6.45, 7) is 9.77. The van der Waals surface area contributed by atoms with Crippen LogP contribution in [0.1, 0.15) is 146 Å². The fraction of sp³-hybridized carbons (Fsp3) is 0.603. The lowest BCUT2D eigenvalue weighted by Gasteiger charge is -2.48. The van der Waals surface area contributed by atoms with Crippen LogP contribution in [0.25, 0.3) is 22.3 Å². The minimum absolute atomic E-state index is 0.0515. The Labute approximate surface area is 429 Å². The van der Waals surface area contributed by atoms with E-state index in [1.165, 1.54) is 19.3 Å². The Morgan fingerprint density at radius 2 is 1.47 bits per heavy atom. The molecule has 8 aliphatic rings. The second kappa shape index (κ2) is 19.8. The number of benzene rings is 2. The maximum atomic E-state index is 15.2. The van der Waals surface area contributed by atoms with Gasteiger partial charge in [-0.3, -0.25) is 29.3 Å². The third kappa shape index (κ3) is 9.30. The van der Waals surface area contributed by atoms with E-state index >= 15 is 4.79 Å². The zero-order valence-electron chi connectivity index (χ0n) is 42.9.